The van der Waals surface area contributed by atoms with Gasteiger partial charge in [-0.05, 0) is 43.3 Å². The number of ether oxygens (including phenoxy) is 2. The number of nitrogens with zero attached hydrogens (tertiary/aromatic N) is 3. The summed E-state index contributed by atoms with van der Waals surface area (Å²) in [6.07, 6.45) is -0.379. The summed E-state index contributed by atoms with van der Waals surface area (Å²) in [5, 5.41) is 10.8. The van der Waals surface area contributed by atoms with E-state index in [0.717, 1.165) is 33.9 Å². The second-order valence-corrected chi connectivity index (χ2v) is 8.95. The van der Waals surface area contributed by atoms with Crippen LogP contribution in [0.25, 0.3) is 11.0 Å². The van der Waals surface area contributed by atoms with Crippen LogP contribution in [0.4, 0.5) is 5.69 Å². The van der Waals surface area contributed by atoms with Crippen molar-refractivity contribution in [3.05, 3.63) is 84.2 Å². The summed E-state index contributed by atoms with van der Waals surface area (Å²) in [6, 6.07) is 23.2. The van der Waals surface area contributed by atoms with Gasteiger partial charge in [0.25, 0.3) is 0 Å². The van der Waals surface area contributed by atoms with Crippen LogP contribution in [0.2, 0.25) is 0 Å². The number of methoxy groups -OCH3 is 1. The van der Waals surface area contributed by atoms with Crippen molar-refractivity contribution in [3.63, 3.8) is 0 Å². The number of aryl methyl sites for hydroxylation is 1. The summed E-state index contributed by atoms with van der Waals surface area (Å²) in [5.74, 6) is 2.19. The molecule has 0 bridgehead atoms. The smallest absolute Gasteiger partial charge is 0.227 e. The molecule has 7 nitrogen and oxygen atoms in total. The Hall–Kier alpha value is -3.84. The molecule has 0 aliphatic carbocycles. The first kappa shape index (κ1) is 22.9. The van der Waals surface area contributed by atoms with Crippen molar-refractivity contribution in [2.45, 2.75) is 31.9 Å². The highest BCUT2D eigenvalue weighted by Crippen LogP contribution is 2.34. The van der Waals surface area contributed by atoms with Gasteiger partial charge < -0.3 is 24.0 Å². The summed E-state index contributed by atoms with van der Waals surface area (Å²) < 4.78 is 13.2. The van der Waals surface area contributed by atoms with Crippen molar-refractivity contribution in [1.29, 1.82) is 0 Å². The van der Waals surface area contributed by atoms with E-state index in [1.54, 1.807) is 12.0 Å². The van der Waals surface area contributed by atoms with E-state index in [1.807, 2.05) is 84.3 Å². The van der Waals surface area contributed by atoms with Crippen molar-refractivity contribution in [2.75, 3.05) is 25.2 Å². The summed E-state index contributed by atoms with van der Waals surface area (Å²) in [6.45, 7) is 3.03. The van der Waals surface area contributed by atoms with Crippen molar-refractivity contribution >= 4 is 22.6 Å². The van der Waals surface area contributed by atoms with Crippen LogP contribution >= 0.6 is 0 Å². The summed E-state index contributed by atoms with van der Waals surface area (Å²) in [7, 11) is 1.62. The van der Waals surface area contributed by atoms with Gasteiger partial charge in [0, 0.05) is 30.6 Å². The third-order valence-corrected chi connectivity index (χ3v) is 6.40. The fraction of sp³-hybridized carbons (Fsp3) is 0.286. The molecule has 0 radical (unpaired) electrons. The maximum atomic E-state index is 13.0. The minimum atomic E-state index is -0.737. The molecule has 1 aliphatic rings. The number of benzene rings is 3. The fourth-order valence-electron chi connectivity index (χ4n) is 4.60. The van der Waals surface area contributed by atoms with Crippen LogP contribution < -0.4 is 14.4 Å². The maximum absolute atomic E-state index is 13.0. The van der Waals surface area contributed by atoms with E-state index < -0.39 is 6.10 Å². The van der Waals surface area contributed by atoms with E-state index >= 15 is 0 Å². The Morgan fingerprint density at radius 3 is 2.66 bits per heavy atom. The lowest BCUT2D eigenvalue weighted by Gasteiger charge is -2.19. The Morgan fingerprint density at radius 1 is 1.06 bits per heavy atom. The number of imidazole rings is 1. The number of aliphatic hydroxyl groups excluding tert-OH is 1. The summed E-state index contributed by atoms with van der Waals surface area (Å²) in [4.78, 5) is 19.6. The van der Waals surface area contributed by atoms with Gasteiger partial charge in [0.15, 0.2) is 0 Å². The first-order valence-corrected chi connectivity index (χ1v) is 11.8. The Morgan fingerprint density at radius 2 is 1.86 bits per heavy atom. The Bertz CT molecular complexity index is 1330. The van der Waals surface area contributed by atoms with Crippen LogP contribution in [-0.2, 0) is 11.3 Å². The van der Waals surface area contributed by atoms with Crippen LogP contribution in [0, 0.1) is 6.92 Å². The minimum absolute atomic E-state index is 0.0464. The Labute approximate surface area is 204 Å². The second-order valence-electron chi connectivity index (χ2n) is 8.95. The lowest BCUT2D eigenvalue weighted by atomic mass is 10.1. The molecule has 35 heavy (non-hydrogen) atoms. The molecule has 2 heterocycles. The Kier molecular flexibility index (Phi) is 6.42. The SMILES string of the molecule is COc1cccc(N2C[C@H](c3nc4ccccc4n3C[C@@H](O)COc3ccc(C)cc3)CC2=O)c1. The molecular formula is C28H29N3O4. The molecular weight excluding hydrogens is 442 g/mol. The summed E-state index contributed by atoms with van der Waals surface area (Å²) >= 11 is 0. The molecule has 4 aromatic rings. The van der Waals surface area contributed by atoms with Gasteiger partial charge in [-0.2, -0.15) is 0 Å². The maximum Gasteiger partial charge on any atom is 0.227 e. The number of para-hydroxylation sites is 2. The molecule has 2 atom stereocenters. The van der Waals surface area contributed by atoms with Gasteiger partial charge in [-0.15, -0.1) is 0 Å². The van der Waals surface area contributed by atoms with Gasteiger partial charge in [0.05, 0.1) is 24.7 Å². The van der Waals surface area contributed by atoms with E-state index in [-0.39, 0.29) is 18.4 Å². The quantitative estimate of drug-likeness (QED) is 0.414. The zero-order chi connectivity index (χ0) is 24.4. The first-order valence-electron chi connectivity index (χ1n) is 11.8. The van der Waals surface area contributed by atoms with Crippen molar-refractivity contribution in [3.8, 4) is 11.5 Å². The highest BCUT2D eigenvalue weighted by atomic mass is 16.5. The number of carbonyl (C=O) groups excluding carboxylic acids is 1. The number of amides is 1. The van der Waals surface area contributed by atoms with Gasteiger partial charge in [-0.25, -0.2) is 4.98 Å². The predicted octanol–water partition coefficient (Wildman–Crippen LogP) is 4.31. The standard InChI is InChI=1S/C28H29N3O4/c1-19-10-12-23(13-11-19)35-18-22(32)17-31-26-9-4-3-8-25(26)29-28(31)20-14-27(33)30(16-20)21-6-5-7-24(15-21)34-2/h3-13,15,20,22,32H,14,16-18H2,1-2H3/t20-,22-/m1/s1. The van der Waals surface area contributed by atoms with Gasteiger partial charge in [-0.1, -0.05) is 35.9 Å². The molecule has 1 aliphatic heterocycles. The highest BCUT2D eigenvalue weighted by molar-refractivity contribution is 5.96. The molecule has 1 fully saturated rings. The topological polar surface area (TPSA) is 76.8 Å². The number of carbonyl (C=O) groups is 1. The average Bonchev–Trinajstić information content (AvgIpc) is 3.44. The third-order valence-electron chi connectivity index (χ3n) is 6.40. The van der Waals surface area contributed by atoms with Crippen molar-refractivity contribution < 1.29 is 19.4 Å². The normalized spacial score (nSPS) is 16.6. The van der Waals surface area contributed by atoms with Crippen LogP contribution in [0.1, 0.15) is 23.7 Å². The lowest BCUT2D eigenvalue weighted by Crippen LogP contribution is -2.26. The van der Waals surface area contributed by atoms with Crippen LogP contribution in [0.15, 0.2) is 72.8 Å². The summed E-state index contributed by atoms with van der Waals surface area (Å²) in [5.41, 5.74) is 3.75. The molecule has 0 unspecified atom stereocenters. The molecule has 180 valence electrons. The molecule has 1 aromatic heterocycles. The molecule has 0 spiro atoms. The third kappa shape index (κ3) is 4.86. The minimum Gasteiger partial charge on any atom is -0.497 e. The van der Waals surface area contributed by atoms with Crippen LogP contribution in [0.5, 0.6) is 11.5 Å². The van der Waals surface area contributed by atoms with Gasteiger partial charge in [0.1, 0.15) is 30.0 Å². The molecule has 1 N–H and O–H groups in total. The molecule has 0 saturated carbocycles. The number of aromatic nitrogens is 2. The zero-order valence-electron chi connectivity index (χ0n) is 19.9. The number of anilines is 1. The van der Waals surface area contributed by atoms with Gasteiger partial charge >= 0.3 is 0 Å². The van der Waals surface area contributed by atoms with Crippen LogP contribution in [0.3, 0.4) is 0 Å². The van der Waals surface area contributed by atoms with E-state index in [9.17, 15) is 9.90 Å². The van der Waals surface area contributed by atoms with Crippen LogP contribution in [-0.4, -0.2) is 46.9 Å². The number of fused-ring (bicyclic) bond motifs is 1. The number of hydrogen-bond donors (Lipinski definition) is 1. The van der Waals surface area contributed by atoms with Gasteiger partial charge in [-0.3, -0.25) is 4.79 Å². The highest BCUT2D eigenvalue weighted by Gasteiger charge is 2.35. The lowest BCUT2D eigenvalue weighted by molar-refractivity contribution is -0.117. The second kappa shape index (κ2) is 9.80. The average molecular weight is 472 g/mol. The molecule has 5 rings (SSSR count). The molecule has 1 saturated heterocycles. The zero-order valence-corrected chi connectivity index (χ0v) is 19.9. The molecule has 1 amide bonds. The monoisotopic (exact) mass is 471 g/mol. The van der Waals surface area contributed by atoms with E-state index in [1.165, 1.54) is 0 Å². The molecule has 3 aromatic carbocycles. The van der Waals surface area contributed by atoms with Crippen molar-refractivity contribution in [2.24, 2.45) is 0 Å². The van der Waals surface area contributed by atoms with Gasteiger partial charge in [0.2, 0.25) is 5.91 Å². The Balaban J connectivity index is 1.37. The largest absolute Gasteiger partial charge is 0.497 e. The number of aliphatic hydroxyl groups is 1. The first-order chi connectivity index (χ1) is 17.0. The predicted molar refractivity (Wildman–Crippen MR) is 135 cm³/mol. The molecule has 7 heteroatoms. The number of rotatable bonds is 8. The van der Waals surface area contributed by atoms with Crippen molar-refractivity contribution in [1.82, 2.24) is 9.55 Å². The van der Waals surface area contributed by atoms with E-state index in [4.69, 9.17) is 14.5 Å². The fourth-order valence-corrected chi connectivity index (χ4v) is 4.60. The number of hydrogen-bond acceptors (Lipinski definition) is 5. The van der Waals surface area contributed by atoms with E-state index in [0.29, 0.717) is 25.3 Å². The van der Waals surface area contributed by atoms with E-state index in [2.05, 4.69) is 0 Å².